The highest BCUT2D eigenvalue weighted by molar-refractivity contribution is 5.76. The summed E-state index contributed by atoms with van der Waals surface area (Å²) in [4.78, 5) is 39.3. The SMILES string of the molecule is Cc1ncc(C(CC(=O)O)CC2CCN(C(=O)CCc3ccc4c(n3)NCCC4)CC2)cn1. The number of pyridine rings is 1. The number of likely N-dealkylation sites (tertiary alicyclic amines) is 1. The molecule has 33 heavy (non-hydrogen) atoms. The molecular formula is C25H33N5O3. The first-order chi connectivity index (χ1) is 16.0. The Kier molecular flexibility index (Phi) is 7.52. The van der Waals surface area contributed by atoms with Gasteiger partial charge in [0.2, 0.25) is 5.91 Å². The molecular weight excluding hydrogens is 418 g/mol. The minimum absolute atomic E-state index is 0.0776. The molecule has 8 nitrogen and oxygen atoms in total. The Morgan fingerprint density at radius 1 is 1.21 bits per heavy atom. The first-order valence-electron chi connectivity index (χ1n) is 12.0. The fourth-order valence-electron chi connectivity index (χ4n) is 4.88. The molecule has 2 N–H and O–H groups in total. The molecule has 2 aromatic rings. The van der Waals surface area contributed by atoms with Gasteiger partial charge in [-0.25, -0.2) is 15.0 Å². The molecule has 1 unspecified atom stereocenters. The van der Waals surface area contributed by atoms with Crippen molar-refractivity contribution in [3.8, 4) is 0 Å². The van der Waals surface area contributed by atoms with E-state index in [9.17, 15) is 14.7 Å². The Balaban J connectivity index is 1.26. The van der Waals surface area contributed by atoms with Gasteiger partial charge in [0.1, 0.15) is 11.6 Å². The van der Waals surface area contributed by atoms with E-state index < -0.39 is 5.97 Å². The Labute approximate surface area is 194 Å². The molecule has 0 aromatic carbocycles. The summed E-state index contributed by atoms with van der Waals surface area (Å²) >= 11 is 0. The van der Waals surface area contributed by atoms with Gasteiger partial charge < -0.3 is 15.3 Å². The number of carboxylic acid groups (broad SMARTS) is 1. The topological polar surface area (TPSA) is 108 Å². The van der Waals surface area contributed by atoms with Crippen molar-refractivity contribution in [3.05, 3.63) is 47.2 Å². The third kappa shape index (κ3) is 6.27. The fourth-order valence-corrected chi connectivity index (χ4v) is 4.88. The molecule has 1 saturated heterocycles. The number of carbonyl (C=O) groups excluding carboxylic acids is 1. The van der Waals surface area contributed by atoms with Gasteiger partial charge in [0, 0.05) is 44.1 Å². The number of aliphatic carboxylic acids is 1. The predicted molar refractivity (Wildman–Crippen MR) is 125 cm³/mol. The number of piperidine rings is 1. The normalized spacial score (nSPS) is 17.2. The summed E-state index contributed by atoms with van der Waals surface area (Å²) in [6, 6.07) is 4.18. The second-order valence-electron chi connectivity index (χ2n) is 9.26. The number of fused-ring (bicyclic) bond motifs is 1. The van der Waals surface area contributed by atoms with Crippen molar-refractivity contribution >= 4 is 17.7 Å². The van der Waals surface area contributed by atoms with Crippen molar-refractivity contribution in [2.45, 2.75) is 64.2 Å². The molecule has 1 fully saturated rings. The molecule has 1 atom stereocenters. The van der Waals surface area contributed by atoms with E-state index in [0.29, 0.717) is 24.6 Å². The minimum Gasteiger partial charge on any atom is -0.481 e. The summed E-state index contributed by atoms with van der Waals surface area (Å²) in [6.07, 6.45) is 9.48. The van der Waals surface area contributed by atoms with Crippen LogP contribution in [-0.2, 0) is 22.4 Å². The predicted octanol–water partition coefficient (Wildman–Crippen LogP) is 3.36. The van der Waals surface area contributed by atoms with E-state index in [0.717, 1.165) is 68.8 Å². The number of aryl methyl sites for hydroxylation is 3. The minimum atomic E-state index is -0.806. The Bertz CT molecular complexity index is 971. The van der Waals surface area contributed by atoms with Crippen molar-refractivity contribution in [3.63, 3.8) is 0 Å². The van der Waals surface area contributed by atoms with Crippen LogP contribution >= 0.6 is 0 Å². The number of carbonyl (C=O) groups is 2. The van der Waals surface area contributed by atoms with E-state index in [4.69, 9.17) is 4.98 Å². The quantitative estimate of drug-likeness (QED) is 0.633. The van der Waals surface area contributed by atoms with Gasteiger partial charge >= 0.3 is 5.97 Å². The Hall–Kier alpha value is -3.03. The van der Waals surface area contributed by atoms with Crippen molar-refractivity contribution in [1.29, 1.82) is 0 Å². The number of aromatic nitrogens is 3. The number of rotatable bonds is 8. The van der Waals surface area contributed by atoms with Crippen LogP contribution in [-0.4, -0.2) is 56.5 Å². The van der Waals surface area contributed by atoms with E-state index in [-0.39, 0.29) is 18.2 Å². The van der Waals surface area contributed by atoms with Crippen LogP contribution in [0.1, 0.15) is 67.1 Å². The third-order valence-corrected chi connectivity index (χ3v) is 6.83. The lowest BCUT2D eigenvalue weighted by molar-refractivity contribution is -0.137. The number of nitrogens with zero attached hydrogens (tertiary/aromatic N) is 4. The molecule has 0 saturated carbocycles. The van der Waals surface area contributed by atoms with Crippen LogP contribution in [0.5, 0.6) is 0 Å². The first kappa shape index (κ1) is 23.1. The Morgan fingerprint density at radius 3 is 2.70 bits per heavy atom. The fraction of sp³-hybridized carbons (Fsp3) is 0.560. The molecule has 8 heteroatoms. The molecule has 0 aliphatic carbocycles. The highest BCUT2D eigenvalue weighted by Gasteiger charge is 2.27. The van der Waals surface area contributed by atoms with E-state index in [1.54, 1.807) is 12.4 Å². The van der Waals surface area contributed by atoms with Gasteiger partial charge in [-0.05, 0) is 74.5 Å². The smallest absolute Gasteiger partial charge is 0.303 e. The molecule has 0 spiro atoms. The maximum Gasteiger partial charge on any atom is 0.303 e. The zero-order valence-electron chi connectivity index (χ0n) is 19.3. The number of hydrogen-bond acceptors (Lipinski definition) is 6. The zero-order valence-corrected chi connectivity index (χ0v) is 19.3. The summed E-state index contributed by atoms with van der Waals surface area (Å²) in [5, 5.41) is 12.7. The number of hydrogen-bond donors (Lipinski definition) is 2. The average molecular weight is 452 g/mol. The largest absolute Gasteiger partial charge is 0.481 e. The van der Waals surface area contributed by atoms with Crippen LogP contribution in [0.4, 0.5) is 5.82 Å². The summed E-state index contributed by atoms with van der Waals surface area (Å²) in [6.45, 7) is 4.24. The second-order valence-corrected chi connectivity index (χ2v) is 9.26. The van der Waals surface area contributed by atoms with Crippen molar-refractivity contribution in [2.75, 3.05) is 25.0 Å². The van der Waals surface area contributed by atoms with Gasteiger partial charge in [0.25, 0.3) is 0 Å². The molecule has 176 valence electrons. The second kappa shape index (κ2) is 10.7. The lowest BCUT2D eigenvalue weighted by atomic mass is 9.83. The van der Waals surface area contributed by atoms with Crippen LogP contribution < -0.4 is 5.32 Å². The van der Waals surface area contributed by atoms with Gasteiger partial charge in [0.05, 0.1) is 6.42 Å². The van der Waals surface area contributed by atoms with Crippen LogP contribution in [0.25, 0.3) is 0 Å². The molecule has 4 rings (SSSR count). The van der Waals surface area contributed by atoms with E-state index in [2.05, 4.69) is 21.4 Å². The number of nitrogens with one attached hydrogen (secondary N) is 1. The Morgan fingerprint density at radius 2 is 1.97 bits per heavy atom. The lowest BCUT2D eigenvalue weighted by Crippen LogP contribution is -2.39. The van der Waals surface area contributed by atoms with Crippen LogP contribution in [0, 0.1) is 12.8 Å². The van der Waals surface area contributed by atoms with Crippen LogP contribution in [0.15, 0.2) is 24.5 Å². The molecule has 4 heterocycles. The molecule has 2 aromatic heterocycles. The van der Waals surface area contributed by atoms with Gasteiger partial charge in [-0.1, -0.05) is 6.07 Å². The summed E-state index contributed by atoms with van der Waals surface area (Å²) in [7, 11) is 0. The van der Waals surface area contributed by atoms with Gasteiger partial charge in [-0.2, -0.15) is 0 Å². The monoisotopic (exact) mass is 451 g/mol. The maximum absolute atomic E-state index is 12.8. The van der Waals surface area contributed by atoms with E-state index in [1.165, 1.54) is 5.56 Å². The van der Waals surface area contributed by atoms with Crippen LogP contribution in [0.3, 0.4) is 0 Å². The lowest BCUT2D eigenvalue weighted by Gasteiger charge is -2.33. The standard InChI is InChI=1S/C25H33N5O3/c1-17-27-15-21(16-28-17)20(14-24(32)33)13-18-8-11-30(12-9-18)23(31)7-6-22-5-4-19-3-2-10-26-25(19)29-22/h4-5,15-16,18,20H,2-3,6-14H2,1H3,(H,26,29)(H,32,33). The van der Waals surface area contributed by atoms with Crippen molar-refractivity contribution in [2.24, 2.45) is 5.92 Å². The van der Waals surface area contributed by atoms with E-state index >= 15 is 0 Å². The van der Waals surface area contributed by atoms with Gasteiger partial charge in [-0.15, -0.1) is 0 Å². The molecule has 2 aliphatic rings. The average Bonchev–Trinajstić information content (AvgIpc) is 2.82. The number of carboxylic acids is 1. The molecule has 1 amide bonds. The van der Waals surface area contributed by atoms with Crippen molar-refractivity contribution in [1.82, 2.24) is 19.9 Å². The highest BCUT2D eigenvalue weighted by Crippen LogP contribution is 2.32. The van der Waals surface area contributed by atoms with Gasteiger partial charge in [0.15, 0.2) is 0 Å². The molecule has 2 aliphatic heterocycles. The molecule has 0 bridgehead atoms. The summed E-state index contributed by atoms with van der Waals surface area (Å²) < 4.78 is 0. The third-order valence-electron chi connectivity index (χ3n) is 6.83. The summed E-state index contributed by atoms with van der Waals surface area (Å²) in [5.41, 5.74) is 3.11. The first-order valence-corrected chi connectivity index (χ1v) is 12.0. The number of anilines is 1. The van der Waals surface area contributed by atoms with Crippen molar-refractivity contribution < 1.29 is 14.7 Å². The van der Waals surface area contributed by atoms with Crippen LogP contribution in [0.2, 0.25) is 0 Å². The summed E-state index contributed by atoms with van der Waals surface area (Å²) in [5.74, 6) is 1.32. The van der Waals surface area contributed by atoms with Gasteiger partial charge in [-0.3, -0.25) is 9.59 Å². The molecule has 0 radical (unpaired) electrons. The highest BCUT2D eigenvalue weighted by atomic mass is 16.4. The van der Waals surface area contributed by atoms with E-state index in [1.807, 2.05) is 17.9 Å². The zero-order chi connectivity index (χ0) is 23.2. The maximum atomic E-state index is 12.8. The number of amides is 1.